The summed E-state index contributed by atoms with van der Waals surface area (Å²) in [7, 11) is 22.9. The van der Waals surface area contributed by atoms with Crippen molar-refractivity contribution >= 4 is 155 Å². The first-order valence-electron chi connectivity index (χ1n) is 27.8. The normalized spacial score (nSPS) is 11.3. The minimum atomic E-state index is -0.842. The van der Waals surface area contributed by atoms with E-state index < -0.39 is 67.0 Å². The Bertz CT molecular complexity index is 2140. The van der Waals surface area contributed by atoms with Gasteiger partial charge in [0.05, 0.1) is 47.4 Å². The predicted octanol–water partition coefficient (Wildman–Crippen LogP) is 13.4. The molecule has 0 spiro atoms. The second-order valence-electron chi connectivity index (χ2n) is 21.4. The van der Waals surface area contributed by atoms with E-state index in [2.05, 4.69) is 40.4 Å². The molecule has 0 saturated carbocycles. The Morgan fingerprint density at radius 1 is 0.371 bits per heavy atom. The maximum Gasteiger partial charge on any atom is 0.329 e. The molecule has 0 radical (unpaired) electrons. The fraction of sp³-hybridized carbons (Fsp3) is 0.810. The summed E-state index contributed by atoms with van der Waals surface area (Å²) in [5, 5.41) is 12.9. The van der Waals surface area contributed by atoms with Crippen LogP contribution in [0.5, 0.6) is 0 Å². The van der Waals surface area contributed by atoms with Crippen molar-refractivity contribution in [3.63, 3.8) is 0 Å². The van der Waals surface area contributed by atoms with E-state index in [-0.39, 0.29) is 111 Å². The Morgan fingerprint density at radius 2 is 0.577 bits per heavy atom. The molecule has 0 rings (SSSR count). The number of rotatable bonds is 32. The lowest BCUT2D eigenvalue weighted by Crippen LogP contribution is -2.52. The number of carbonyl (C=O) groups excluding carboxylic acids is 12. The van der Waals surface area contributed by atoms with Crippen molar-refractivity contribution in [2.75, 3.05) is 103 Å². The third kappa shape index (κ3) is 55.7. The highest BCUT2D eigenvalue weighted by Gasteiger charge is 2.42. The van der Waals surface area contributed by atoms with Crippen LogP contribution in [-0.4, -0.2) is 234 Å². The number of nitrogens with zero attached hydrogens (tertiary/aromatic N) is 4. The first-order chi connectivity index (χ1) is 40.6. The summed E-state index contributed by atoms with van der Waals surface area (Å²) in [6.07, 6.45) is 5.15. The number of unbranched alkanes of at least 4 members (excludes halogenated alkanes) is 3. The largest absolute Gasteiger partial charge is 0.467 e. The fourth-order valence-electron chi connectivity index (χ4n) is 6.20. The van der Waals surface area contributed by atoms with E-state index in [0.717, 1.165) is 75.3 Å². The summed E-state index contributed by atoms with van der Waals surface area (Å²) in [6, 6.07) is -3.31. The number of hydrogen-bond acceptors (Lipinski definition) is 26. The fourth-order valence-corrected chi connectivity index (χ4v) is 15.3. The number of methoxy groups -OCH3 is 4. The molecule has 97 heavy (non-hydrogen) atoms. The van der Waals surface area contributed by atoms with Crippen LogP contribution in [0.1, 0.15) is 196 Å². The lowest BCUT2D eigenvalue weighted by Gasteiger charge is -2.31. The maximum atomic E-state index is 12.1. The van der Waals surface area contributed by atoms with Crippen molar-refractivity contribution in [1.29, 1.82) is 0 Å². The van der Waals surface area contributed by atoms with E-state index in [0.29, 0.717) is 39.3 Å². The molecule has 0 fully saturated rings. The molecule has 4 unspecified atom stereocenters. The molecule has 4 atom stereocenters. The third-order valence-electron chi connectivity index (χ3n) is 11.6. The van der Waals surface area contributed by atoms with Crippen LogP contribution >= 0.6 is 86.4 Å². The van der Waals surface area contributed by atoms with Crippen LogP contribution in [-0.2, 0) is 57.3 Å². The molecule has 26 nitrogen and oxygen atoms in total. The van der Waals surface area contributed by atoms with Gasteiger partial charge in [-0.05, 0) is 75.3 Å². The van der Waals surface area contributed by atoms with Crippen molar-refractivity contribution < 1.29 is 76.5 Å². The van der Waals surface area contributed by atoms with Gasteiger partial charge in [0, 0.05) is 138 Å². The van der Waals surface area contributed by atoms with Crippen LogP contribution in [0, 0.1) is 0 Å². The van der Waals surface area contributed by atoms with Crippen molar-refractivity contribution in [3.8, 4) is 0 Å². The Hall–Kier alpha value is -3.64. The minimum absolute atomic E-state index is 0. The van der Waals surface area contributed by atoms with Gasteiger partial charge in [0.2, 0.25) is 23.6 Å². The molecule has 0 bridgehead atoms. The summed E-state index contributed by atoms with van der Waals surface area (Å²) in [5.74, 6) is -3.44. The minimum Gasteiger partial charge on any atom is -0.467 e. The number of likely N-dealkylation sites (N-methyl/N-ethyl adjacent to an activating group) is 3. The van der Waals surface area contributed by atoms with Gasteiger partial charge in [0.15, 0.2) is 0 Å². The first-order valence-corrected chi connectivity index (χ1v) is 36.4. The molecule has 0 aliphatic carbocycles. The van der Waals surface area contributed by atoms with Gasteiger partial charge >= 0.3 is 23.9 Å². The molecule has 34 heteroatoms. The van der Waals surface area contributed by atoms with E-state index in [1.165, 1.54) is 104 Å². The lowest BCUT2D eigenvalue weighted by molar-refractivity contribution is -0.146. The van der Waals surface area contributed by atoms with Crippen LogP contribution in [0.15, 0.2) is 0 Å². The first kappa shape index (κ1) is 123. The third-order valence-corrected chi connectivity index (χ3v) is 24.3. The summed E-state index contributed by atoms with van der Waals surface area (Å²) >= 11 is 0. The highest BCUT2D eigenvalue weighted by Crippen LogP contribution is 2.43. The van der Waals surface area contributed by atoms with E-state index in [9.17, 15) is 57.5 Å². The summed E-state index contributed by atoms with van der Waals surface area (Å²) < 4.78 is 16.1. The average molecular weight is 1550 g/mol. The number of amides is 8. The Balaban J connectivity index is -0.0000000856. The summed E-state index contributed by atoms with van der Waals surface area (Å²) in [4.78, 5) is 147. The molecule has 7 N–H and O–H groups in total. The SMILES string of the molecule is C.C.C.C.C.C.C.C.C.CCCCCN(C)C(=O)SSC(C)(C)C(NC(C)=O)C(=O)OC.CCCCN(C)C(=O)SSC(C)(C)C(NC(C)=O)C(=O)OC.CNCCN(C)C(=O)SSC(C)(C)C(NC(C)=O)C(=O)OC.COC(=O)C(NC(C)=O)C(C)(C)SSC(=O)N(C)CCN. The molecule has 8 amide bonds. The standard InChI is InChI=1S/C15H28N2O4S2.C14H26N2O4S2.C13H25N3O4S2.C12H23N3O4S2.9CH4/c1-7-8-9-10-17(5)14(20)22-23-15(3,4)12(13(19)21-6)16-11(2)18;1-7-8-9-16(5)13(19)21-22-14(3,4)11(12(18)20-6)15-10(2)17;1-9(17)15-10(11(18)20-6)13(2,3)22-21-12(19)16(5)8-7-14-4;1-8(16)14-9(10(17)19-5)12(2,3)21-20-11(18)15(4)7-6-13;;;;;;;;;/h12H,7-10H2,1-6H3,(H,16,18);11H,7-9H2,1-6H3,(H,15,17);10,14H,7-8H2,1-6H3,(H,15,17);9H,6-7,13H2,1-5H3,(H,14,16);9*1H4. The molecule has 0 aromatic carbocycles. The Labute approximate surface area is 621 Å². The van der Waals surface area contributed by atoms with E-state index in [1.54, 1.807) is 98.3 Å². The zero-order valence-corrected chi connectivity index (χ0v) is 62.3. The Kier molecular flexibility index (Phi) is 83.5. The van der Waals surface area contributed by atoms with Crippen LogP contribution in [0.4, 0.5) is 19.2 Å². The predicted molar refractivity (Wildman–Crippen MR) is 426 cm³/mol. The van der Waals surface area contributed by atoms with Crippen molar-refractivity contribution in [2.45, 2.75) is 239 Å². The molecule has 0 aliphatic heterocycles. The van der Waals surface area contributed by atoms with E-state index in [1.807, 2.05) is 7.05 Å². The van der Waals surface area contributed by atoms with E-state index >= 15 is 0 Å². The number of ether oxygens (including phenoxy) is 4. The van der Waals surface area contributed by atoms with Gasteiger partial charge in [-0.3, -0.25) is 38.4 Å². The van der Waals surface area contributed by atoms with Gasteiger partial charge in [-0.2, -0.15) is 0 Å². The number of nitrogens with one attached hydrogen (secondary N) is 5. The van der Waals surface area contributed by atoms with Gasteiger partial charge in [-0.15, -0.1) is 0 Å². The van der Waals surface area contributed by atoms with Gasteiger partial charge in [-0.25, -0.2) is 19.2 Å². The average Bonchev–Trinajstić information content (AvgIpc) is 0.884. The zero-order chi connectivity index (χ0) is 69.3. The monoisotopic (exact) mass is 1550 g/mol. The van der Waals surface area contributed by atoms with Crippen LogP contribution < -0.4 is 32.3 Å². The molecular weight excluding hydrogens is 1410 g/mol. The maximum absolute atomic E-state index is 12.1. The molecule has 0 aromatic heterocycles. The zero-order valence-electron chi connectivity index (χ0n) is 55.8. The molecule has 0 heterocycles. The second kappa shape index (κ2) is 65.7. The van der Waals surface area contributed by atoms with Crippen LogP contribution in [0.3, 0.4) is 0 Å². The molecular formula is C63H138N10O16S8. The highest BCUT2D eigenvalue weighted by molar-refractivity contribution is 8.83. The van der Waals surface area contributed by atoms with Gasteiger partial charge < -0.3 is 70.9 Å². The number of nitrogens with two attached hydrogens (primary N) is 1. The molecule has 584 valence electrons. The Morgan fingerprint density at radius 3 is 0.763 bits per heavy atom. The van der Waals surface area contributed by atoms with Gasteiger partial charge in [-0.1, -0.05) is 143 Å². The van der Waals surface area contributed by atoms with Gasteiger partial charge in [0.25, 0.3) is 21.0 Å². The number of esters is 4. The summed E-state index contributed by atoms with van der Waals surface area (Å²) in [6.45, 7) is 27.3. The molecule has 0 saturated heterocycles. The van der Waals surface area contributed by atoms with E-state index in [4.69, 9.17) is 24.7 Å². The molecule has 0 aliphatic rings. The van der Waals surface area contributed by atoms with Crippen LogP contribution in [0.2, 0.25) is 0 Å². The topological polar surface area (TPSA) is 341 Å². The van der Waals surface area contributed by atoms with Crippen molar-refractivity contribution in [2.24, 2.45) is 5.73 Å². The second-order valence-corrected chi connectivity index (χ2v) is 32.3. The summed E-state index contributed by atoms with van der Waals surface area (Å²) in [5.41, 5.74) is 5.39. The number of carbonyl (C=O) groups is 12. The lowest BCUT2D eigenvalue weighted by atomic mass is 10.0. The van der Waals surface area contributed by atoms with Gasteiger partial charge in [0.1, 0.15) is 24.2 Å². The highest BCUT2D eigenvalue weighted by atomic mass is 33.1. The van der Waals surface area contributed by atoms with Crippen molar-refractivity contribution in [1.82, 2.24) is 46.2 Å². The smallest absolute Gasteiger partial charge is 0.329 e. The quantitative estimate of drug-likeness (QED) is 0.0158. The van der Waals surface area contributed by atoms with Crippen molar-refractivity contribution in [3.05, 3.63) is 0 Å². The number of hydrogen-bond donors (Lipinski definition) is 6. The molecule has 0 aromatic rings. The van der Waals surface area contributed by atoms with Crippen LogP contribution in [0.25, 0.3) is 0 Å².